The van der Waals surface area contributed by atoms with Gasteiger partial charge in [0.25, 0.3) is 0 Å². The van der Waals surface area contributed by atoms with E-state index in [1.165, 1.54) is 0 Å². The summed E-state index contributed by atoms with van der Waals surface area (Å²) >= 11 is 1.63. The molecule has 0 aromatic carbocycles. The fourth-order valence-corrected chi connectivity index (χ4v) is 4.65. The number of rotatable bonds is 2. The number of aromatic nitrogens is 3. The van der Waals surface area contributed by atoms with Crippen molar-refractivity contribution < 1.29 is 9.21 Å². The van der Waals surface area contributed by atoms with Crippen molar-refractivity contribution >= 4 is 23.1 Å². The van der Waals surface area contributed by atoms with Crippen molar-refractivity contribution in [1.82, 2.24) is 14.8 Å². The number of allylic oxidation sites excluding steroid dienone is 2. The molecule has 4 heterocycles. The van der Waals surface area contributed by atoms with Gasteiger partial charge in [-0.1, -0.05) is 19.9 Å². The highest BCUT2D eigenvalue weighted by atomic mass is 32.1. The Balaban J connectivity index is 1.69. The standard InChI is InChI=1S/C19H18N4O2S/c1-19(2)9-11-15(12(24)10-19)16(14-6-4-8-26-14)23-18(20-11)21-17(22-23)13-5-3-7-25-13/h3-8,16H,9-10H2,1-2H3,(H,20,21,22). The third-order valence-electron chi connectivity index (χ3n) is 4.89. The van der Waals surface area contributed by atoms with Crippen molar-refractivity contribution in [3.8, 4) is 11.6 Å². The van der Waals surface area contributed by atoms with Gasteiger partial charge in [0.15, 0.2) is 11.5 Å². The summed E-state index contributed by atoms with van der Waals surface area (Å²) in [6.07, 6.45) is 2.97. The van der Waals surface area contributed by atoms with Gasteiger partial charge in [0, 0.05) is 22.6 Å². The number of carbonyl (C=O) groups excluding carboxylic acids is 1. The van der Waals surface area contributed by atoms with E-state index in [0.29, 0.717) is 24.0 Å². The van der Waals surface area contributed by atoms with Crippen LogP contribution in [0.3, 0.4) is 0 Å². The summed E-state index contributed by atoms with van der Waals surface area (Å²) < 4.78 is 7.27. The Morgan fingerprint density at radius 1 is 1.31 bits per heavy atom. The number of anilines is 1. The lowest BCUT2D eigenvalue weighted by molar-refractivity contribution is -0.118. The fourth-order valence-electron chi connectivity index (χ4n) is 3.83. The molecule has 1 atom stereocenters. The number of thiophene rings is 1. The van der Waals surface area contributed by atoms with Gasteiger partial charge in [-0.3, -0.25) is 4.79 Å². The number of fused-ring (bicyclic) bond motifs is 1. The summed E-state index contributed by atoms with van der Waals surface area (Å²) in [4.78, 5) is 18.7. The van der Waals surface area contributed by atoms with E-state index in [1.54, 1.807) is 17.6 Å². The molecule has 26 heavy (non-hydrogen) atoms. The third kappa shape index (κ3) is 2.34. The van der Waals surface area contributed by atoms with E-state index in [9.17, 15) is 4.79 Å². The number of carbonyl (C=O) groups is 1. The molecule has 0 saturated heterocycles. The quantitative estimate of drug-likeness (QED) is 0.734. The van der Waals surface area contributed by atoms with Crippen LogP contribution in [0.4, 0.5) is 5.95 Å². The summed E-state index contributed by atoms with van der Waals surface area (Å²) in [6.45, 7) is 4.26. The zero-order valence-corrected chi connectivity index (χ0v) is 15.3. The van der Waals surface area contributed by atoms with Gasteiger partial charge >= 0.3 is 0 Å². The van der Waals surface area contributed by atoms with Crippen LogP contribution >= 0.6 is 11.3 Å². The van der Waals surface area contributed by atoms with Crippen LogP contribution in [0.5, 0.6) is 0 Å². The molecule has 1 N–H and O–H groups in total. The number of nitrogens with one attached hydrogen (secondary N) is 1. The van der Waals surface area contributed by atoms with Crippen LogP contribution in [-0.4, -0.2) is 20.5 Å². The SMILES string of the molecule is CC1(C)CC(=O)C2=C(C1)Nc1nc(-c3ccco3)nn1C2c1cccs1. The largest absolute Gasteiger partial charge is 0.461 e. The molecule has 2 aliphatic rings. The van der Waals surface area contributed by atoms with Gasteiger partial charge < -0.3 is 9.73 Å². The molecule has 0 saturated carbocycles. The first-order chi connectivity index (χ1) is 12.5. The predicted octanol–water partition coefficient (Wildman–Crippen LogP) is 4.26. The van der Waals surface area contributed by atoms with Crippen LogP contribution < -0.4 is 5.32 Å². The van der Waals surface area contributed by atoms with E-state index in [0.717, 1.165) is 22.6 Å². The molecule has 0 amide bonds. The smallest absolute Gasteiger partial charge is 0.227 e. The molecule has 3 aromatic rings. The zero-order chi connectivity index (χ0) is 17.9. The van der Waals surface area contributed by atoms with Gasteiger partial charge in [-0.2, -0.15) is 4.98 Å². The molecular weight excluding hydrogens is 348 g/mol. The first-order valence-electron chi connectivity index (χ1n) is 8.59. The summed E-state index contributed by atoms with van der Waals surface area (Å²) in [6, 6.07) is 7.47. The highest BCUT2D eigenvalue weighted by Gasteiger charge is 2.42. The minimum atomic E-state index is -0.235. The molecule has 0 spiro atoms. The van der Waals surface area contributed by atoms with Crippen molar-refractivity contribution in [2.75, 3.05) is 5.32 Å². The van der Waals surface area contributed by atoms with E-state index < -0.39 is 0 Å². The maximum absolute atomic E-state index is 13.0. The molecule has 132 valence electrons. The minimum absolute atomic E-state index is 0.0606. The van der Waals surface area contributed by atoms with Crippen LogP contribution in [0, 0.1) is 5.41 Å². The maximum atomic E-state index is 13.0. The van der Waals surface area contributed by atoms with E-state index >= 15 is 0 Å². The summed E-state index contributed by atoms with van der Waals surface area (Å²) in [5, 5.41) is 10.1. The van der Waals surface area contributed by atoms with Crippen LogP contribution in [0.1, 0.15) is 37.6 Å². The molecule has 1 aliphatic carbocycles. The average molecular weight is 366 g/mol. The summed E-state index contributed by atoms with van der Waals surface area (Å²) in [5.41, 5.74) is 1.72. The highest BCUT2D eigenvalue weighted by molar-refractivity contribution is 7.10. The van der Waals surface area contributed by atoms with Crippen LogP contribution in [0.2, 0.25) is 0 Å². The summed E-state index contributed by atoms with van der Waals surface area (Å²) in [5.74, 6) is 1.97. The Morgan fingerprint density at radius 3 is 2.92 bits per heavy atom. The molecule has 0 radical (unpaired) electrons. The number of hydrogen-bond acceptors (Lipinski definition) is 6. The topological polar surface area (TPSA) is 73.0 Å². The predicted molar refractivity (Wildman–Crippen MR) is 98.9 cm³/mol. The van der Waals surface area contributed by atoms with Crippen LogP contribution in [0.25, 0.3) is 11.6 Å². The lowest BCUT2D eigenvalue weighted by atomic mass is 9.73. The molecule has 5 rings (SSSR count). The molecule has 3 aromatic heterocycles. The Hall–Kier alpha value is -2.67. The lowest BCUT2D eigenvalue weighted by Crippen LogP contribution is -2.36. The second-order valence-electron chi connectivity index (χ2n) is 7.56. The minimum Gasteiger partial charge on any atom is -0.461 e. The van der Waals surface area contributed by atoms with E-state index in [2.05, 4.69) is 35.3 Å². The van der Waals surface area contributed by atoms with Crippen LogP contribution in [0.15, 0.2) is 51.6 Å². The van der Waals surface area contributed by atoms with E-state index in [4.69, 9.17) is 4.42 Å². The van der Waals surface area contributed by atoms with E-state index in [1.807, 2.05) is 28.3 Å². The highest BCUT2D eigenvalue weighted by Crippen LogP contribution is 2.46. The Morgan fingerprint density at radius 2 is 2.19 bits per heavy atom. The van der Waals surface area contributed by atoms with Gasteiger partial charge in [-0.05, 0) is 35.4 Å². The first kappa shape index (κ1) is 15.6. The molecular formula is C19H18N4O2S. The van der Waals surface area contributed by atoms with Crippen LogP contribution in [-0.2, 0) is 4.79 Å². The molecule has 1 aliphatic heterocycles. The van der Waals surface area contributed by atoms with Gasteiger partial charge in [-0.25, -0.2) is 4.68 Å². The van der Waals surface area contributed by atoms with Gasteiger partial charge in [-0.15, -0.1) is 16.4 Å². The second-order valence-corrected chi connectivity index (χ2v) is 8.54. The second kappa shape index (κ2) is 5.41. The monoisotopic (exact) mass is 366 g/mol. The van der Waals surface area contributed by atoms with Crippen molar-refractivity contribution in [3.63, 3.8) is 0 Å². The number of ketones is 1. The molecule has 0 bridgehead atoms. The number of hydrogen-bond donors (Lipinski definition) is 1. The normalized spacial score (nSPS) is 21.3. The number of nitrogens with zero attached hydrogens (tertiary/aromatic N) is 3. The third-order valence-corrected chi connectivity index (χ3v) is 5.81. The average Bonchev–Trinajstić information content (AvgIpc) is 3.31. The van der Waals surface area contributed by atoms with E-state index in [-0.39, 0.29) is 17.2 Å². The fraction of sp³-hybridized carbons (Fsp3) is 0.316. The molecule has 6 nitrogen and oxygen atoms in total. The first-order valence-corrected chi connectivity index (χ1v) is 9.47. The van der Waals surface area contributed by atoms with Crippen molar-refractivity contribution in [2.24, 2.45) is 5.41 Å². The Bertz CT molecular complexity index is 1010. The zero-order valence-electron chi connectivity index (χ0n) is 14.5. The lowest BCUT2D eigenvalue weighted by Gasteiger charge is -2.37. The van der Waals surface area contributed by atoms with Crippen molar-refractivity contribution in [1.29, 1.82) is 0 Å². The molecule has 7 heteroatoms. The Labute approximate surface area is 154 Å². The molecule has 1 unspecified atom stereocenters. The summed E-state index contributed by atoms with van der Waals surface area (Å²) in [7, 11) is 0. The number of Topliss-reactive ketones (excluding diaryl/α,β-unsaturated/α-hetero) is 1. The molecule has 0 fully saturated rings. The number of furan rings is 1. The van der Waals surface area contributed by atoms with Crippen molar-refractivity contribution in [2.45, 2.75) is 32.7 Å². The van der Waals surface area contributed by atoms with Gasteiger partial charge in [0.05, 0.1) is 6.26 Å². The Kier molecular flexibility index (Phi) is 3.24. The van der Waals surface area contributed by atoms with Gasteiger partial charge in [0.2, 0.25) is 11.8 Å². The maximum Gasteiger partial charge on any atom is 0.227 e. The van der Waals surface area contributed by atoms with Gasteiger partial charge in [0.1, 0.15) is 6.04 Å². The van der Waals surface area contributed by atoms with Crippen molar-refractivity contribution in [3.05, 3.63) is 52.1 Å².